The molecule has 1 atom stereocenters. The molecule has 1 heterocycles. The number of carbonyl (C=O) groups excluding carboxylic acids is 1. The van der Waals surface area contributed by atoms with Crippen molar-refractivity contribution in [2.75, 3.05) is 5.32 Å². The highest BCUT2D eigenvalue weighted by atomic mass is 35.5. The molecule has 29 heavy (non-hydrogen) atoms. The quantitative estimate of drug-likeness (QED) is 0.550. The lowest BCUT2D eigenvalue weighted by molar-refractivity contribution is 0.102. The van der Waals surface area contributed by atoms with Gasteiger partial charge >= 0.3 is 0 Å². The van der Waals surface area contributed by atoms with Gasteiger partial charge in [-0.3, -0.25) is 10.1 Å². The van der Waals surface area contributed by atoms with E-state index in [1.54, 1.807) is 31.2 Å². The molecule has 152 valence electrons. The Morgan fingerprint density at radius 2 is 1.79 bits per heavy atom. The molecule has 1 aromatic heterocycles. The maximum absolute atomic E-state index is 12.7. The molecule has 1 amide bonds. The zero-order chi connectivity index (χ0) is 21.2. The zero-order valence-electron chi connectivity index (χ0n) is 15.9. The minimum atomic E-state index is -3.89. The SMILES string of the molecule is Cc1ccc([C@H](C)NS(=O)(=O)c2nnc(NC(=O)c3ccc(Cl)cc3)s2)c(C)c1. The molecule has 0 saturated carbocycles. The molecule has 0 aliphatic heterocycles. The number of halogens is 1. The third-order valence-electron chi connectivity index (χ3n) is 4.19. The van der Waals surface area contributed by atoms with E-state index < -0.39 is 22.0 Å². The fourth-order valence-corrected chi connectivity index (χ4v) is 5.06. The van der Waals surface area contributed by atoms with Gasteiger partial charge in [0.1, 0.15) is 0 Å². The highest BCUT2D eigenvalue weighted by Crippen LogP contribution is 2.24. The predicted molar refractivity (Wildman–Crippen MR) is 114 cm³/mol. The molecular formula is C19H19ClN4O3S2. The number of aryl methyl sites for hydroxylation is 2. The average molecular weight is 451 g/mol. The van der Waals surface area contributed by atoms with Crippen LogP contribution in [0.1, 0.15) is 40.0 Å². The normalized spacial score (nSPS) is 12.6. The summed E-state index contributed by atoms with van der Waals surface area (Å²) >= 11 is 6.59. The number of amides is 1. The van der Waals surface area contributed by atoms with Crippen LogP contribution in [0.15, 0.2) is 46.8 Å². The van der Waals surface area contributed by atoms with Crippen LogP contribution in [0.5, 0.6) is 0 Å². The number of benzene rings is 2. The van der Waals surface area contributed by atoms with Crippen LogP contribution >= 0.6 is 22.9 Å². The Balaban J connectivity index is 1.72. The Hall–Kier alpha value is -2.33. The monoisotopic (exact) mass is 450 g/mol. The predicted octanol–water partition coefficient (Wildman–Crippen LogP) is 4.10. The van der Waals surface area contributed by atoms with Crippen molar-refractivity contribution >= 4 is 44.0 Å². The van der Waals surface area contributed by atoms with Gasteiger partial charge in [-0.05, 0) is 56.2 Å². The Bertz CT molecular complexity index is 1140. The molecule has 0 aliphatic rings. The van der Waals surface area contributed by atoms with Crippen LogP contribution in [0.3, 0.4) is 0 Å². The van der Waals surface area contributed by atoms with E-state index in [9.17, 15) is 13.2 Å². The van der Waals surface area contributed by atoms with Crippen LogP contribution in [0, 0.1) is 13.8 Å². The van der Waals surface area contributed by atoms with E-state index in [2.05, 4.69) is 20.2 Å². The van der Waals surface area contributed by atoms with Crippen LogP contribution in [0.2, 0.25) is 5.02 Å². The summed E-state index contributed by atoms with van der Waals surface area (Å²) in [4.78, 5) is 12.2. The van der Waals surface area contributed by atoms with E-state index >= 15 is 0 Å². The van der Waals surface area contributed by atoms with Crippen molar-refractivity contribution in [3.63, 3.8) is 0 Å². The summed E-state index contributed by atoms with van der Waals surface area (Å²) in [7, 11) is -3.89. The average Bonchev–Trinajstić information content (AvgIpc) is 3.11. The number of nitrogens with zero attached hydrogens (tertiary/aromatic N) is 2. The minimum Gasteiger partial charge on any atom is -0.296 e. The van der Waals surface area contributed by atoms with Crippen molar-refractivity contribution in [1.29, 1.82) is 0 Å². The van der Waals surface area contributed by atoms with Crippen LogP contribution in [-0.4, -0.2) is 24.5 Å². The summed E-state index contributed by atoms with van der Waals surface area (Å²) in [5, 5.41) is 10.6. The molecule has 3 aromatic rings. The topological polar surface area (TPSA) is 101 Å². The van der Waals surface area contributed by atoms with Gasteiger partial charge in [-0.25, -0.2) is 13.1 Å². The van der Waals surface area contributed by atoms with Gasteiger partial charge < -0.3 is 0 Å². The molecule has 0 spiro atoms. The Morgan fingerprint density at radius 3 is 2.45 bits per heavy atom. The summed E-state index contributed by atoms with van der Waals surface area (Å²) in [5.41, 5.74) is 3.34. The summed E-state index contributed by atoms with van der Waals surface area (Å²) in [5.74, 6) is -0.432. The standard InChI is InChI=1S/C19H19ClN4O3S2/c1-11-4-9-16(12(2)10-11)13(3)24-29(26,27)19-23-22-18(28-19)21-17(25)14-5-7-15(20)8-6-14/h4-10,13,24H,1-3H3,(H,21,22,25)/t13-/m0/s1. The lowest BCUT2D eigenvalue weighted by Gasteiger charge is -2.16. The number of anilines is 1. The molecular weight excluding hydrogens is 432 g/mol. The number of rotatable bonds is 6. The van der Waals surface area contributed by atoms with Crippen LogP contribution in [-0.2, 0) is 10.0 Å². The second-order valence-electron chi connectivity index (χ2n) is 6.54. The van der Waals surface area contributed by atoms with E-state index in [0.29, 0.717) is 10.6 Å². The van der Waals surface area contributed by atoms with E-state index in [1.807, 2.05) is 32.0 Å². The Labute approximate surface area is 178 Å². The summed E-state index contributed by atoms with van der Waals surface area (Å²) in [6.45, 7) is 5.68. The lowest BCUT2D eigenvalue weighted by Crippen LogP contribution is -2.27. The maximum atomic E-state index is 12.7. The van der Waals surface area contributed by atoms with Gasteiger partial charge in [0.15, 0.2) is 0 Å². The number of hydrogen-bond donors (Lipinski definition) is 2. The molecule has 0 radical (unpaired) electrons. The molecule has 10 heteroatoms. The second-order valence-corrected chi connectivity index (χ2v) is 9.84. The first kappa shape index (κ1) is 21.4. The van der Waals surface area contributed by atoms with E-state index in [4.69, 9.17) is 11.6 Å². The summed E-state index contributed by atoms with van der Waals surface area (Å²) in [6, 6.07) is 11.7. The van der Waals surface area contributed by atoms with Crippen molar-refractivity contribution in [2.45, 2.75) is 31.2 Å². The fraction of sp³-hybridized carbons (Fsp3) is 0.211. The van der Waals surface area contributed by atoms with Crippen molar-refractivity contribution < 1.29 is 13.2 Å². The zero-order valence-corrected chi connectivity index (χ0v) is 18.3. The highest BCUT2D eigenvalue weighted by Gasteiger charge is 2.24. The first-order chi connectivity index (χ1) is 13.7. The van der Waals surface area contributed by atoms with E-state index in [0.717, 1.165) is 28.0 Å². The van der Waals surface area contributed by atoms with Gasteiger partial charge in [-0.1, -0.05) is 46.7 Å². The van der Waals surface area contributed by atoms with Crippen LogP contribution in [0.25, 0.3) is 0 Å². The smallest absolute Gasteiger partial charge is 0.270 e. The van der Waals surface area contributed by atoms with Gasteiger partial charge in [-0.15, -0.1) is 10.2 Å². The molecule has 0 fully saturated rings. The fourth-order valence-electron chi connectivity index (χ4n) is 2.80. The van der Waals surface area contributed by atoms with Crippen LogP contribution < -0.4 is 10.0 Å². The van der Waals surface area contributed by atoms with Gasteiger partial charge in [0.05, 0.1) is 0 Å². The number of carbonyl (C=O) groups is 1. The number of aromatic nitrogens is 2. The van der Waals surface area contributed by atoms with Crippen molar-refractivity contribution in [3.05, 3.63) is 69.7 Å². The van der Waals surface area contributed by atoms with Crippen LogP contribution in [0.4, 0.5) is 5.13 Å². The molecule has 7 nitrogen and oxygen atoms in total. The van der Waals surface area contributed by atoms with E-state index in [1.165, 1.54) is 0 Å². The number of hydrogen-bond acceptors (Lipinski definition) is 6. The summed E-state index contributed by atoms with van der Waals surface area (Å²) < 4.78 is 27.7. The second kappa shape index (κ2) is 8.58. The number of sulfonamides is 1. The third kappa shape index (κ3) is 5.18. The molecule has 0 bridgehead atoms. The molecule has 0 saturated heterocycles. The molecule has 0 unspecified atom stereocenters. The molecule has 2 aromatic carbocycles. The molecule has 2 N–H and O–H groups in total. The molecule has 0 aliphatic carbocycles. The maximum Gasteiger partial charge on any atom is 0.270 e. The van der Waals surface area contributed by atoms with Crippen molar-refractivity contribution in [3.8, 4) is 0 Å². The van der Waals surface area contributed by atoms with Gasteiger partial charge in [0.25, 0.3) is 15.9 Å². The Morgan fingerprint density at radius 1 is 1.10 bits per heavy atom. The van der Waals surface area contributed by atoms with E-state index in [-0.39, 0.29) is 9.47 Å². The third-order valence-corrected chi connectivity index (χ3v) is 7.19. The molecule has 3 rings (SSSR count). The first-order valence-electron chi connectivity index (χ1n) is 8.65. The van der Waals surface area contributed by atoms with Crippen molar-refractivity contribution in [2.24, 2.45) is 0 Å². The van der Waals surface area contributed by atoms with Gasteiger partial charge in [-0.2, -0.15) is 0 Å². The minimum absolute atomic E-state index is 0.0875. The van der Waals surface area contributed by atoms with Gasteiger partial charge in [0.2, 0.25) is 9.47 Å². The Kier molecular flexibility index (Phi) is 6.33. The first-order valence-corrected chi connectivity index (χ1v) is 11.3. The lowest BCUT2D eigenvalue weighted by atomic mass is 10.0. The van der Waals surface area contributed by atoms with Crippen molar-refractivity contribution in [1.82, 2.24) is 14.9 Å². The largest absolute Gasteiger partial charge is 0.296 e. The number of nitrogens with one attached hydrogen (secondary N) is 2. The summed E-state index contributed by atoms with van der Waals surface area (Å²) in [6.07, 6.45) is 0. The highest BCUT2D eigenvalue weighted by molar-refractivity contribution is 7.91. The van der Waals surface area contributed by atoms with Gasteiger partial charge in [0, 0.05) is 16.6 Å².